The topological polar surface area (TPSA) is 58.6 Å². The monoisotopic (exact) mass is 388 g/mol. The minimum absolute atomic E-state index is 0.0352. The van der Waals surface area contributed by atoms with E-state index >= 15 is 0 Å². The first kappa shape index (κ1) is 19.2. The molecule has 2 amide bonds. The molecule has 148 valence electrons. The maximum atomic E-state index is 12.6. The highest BCUT2D eigenvalue weighted by Gasteiger charge is 2.25. The Balaban J connectivity index is 1.29. The molecule has 0 bridgehead atoms. The molecule has 3 aromatic carbocycles. The molecule has 0 radical (unpaired) electrons. The molecule has 1 unspecified atom stereocenters. The highest BCUT2D eigenvalue weighted by molar-refractivity contribution is 5.98. The number of rotatable bonds is 5. The molecule has 1 saturated heterocycles. The van der Waals surface area contributed by atoms with Crippen LogP contribution in [0.1, 0.15) is 28.4 Å². The molecular formula is C24H24N2O3. The lowest BCUT2D eigenvalue weighted by molar-refractivity contribution is -0.138. The average molecular weight is 388 g/mol. The highest BCUT2D eigenvalue weighted by Crippen LogP contribution is 2.22. The van der Waals surface area contributed by atoms with Crippen molar-refractivity contribution in [2.24, 2.45) is 0 Å². The van der Waals surface area contributed by atoms with Crippen LogP contribution in [0.2, 0.25) is 0 Å². The van der Waals surface area contributed by atoms with Crippen molar-refractivity contribution >= 4 is 22.6 Å². The van der Waals surface area contributed by atoms with Crippen LogP contribution in [0.15, 0.2) is 72.8 Å². The fraction of sp³-hybridized carbons (Fsp3) is 0.250. The van der Waals surface area contributed by atoms with Crippen LogP contribution in [0, 0.1) is 0 Å². The minimum Gasteiger partial charge on any atom is -0.370 e. The Morgan fingerprint density at radius 2 is 1.72 bits per heavy atom. The van der Waals surface area contributed by atoms with E-state index in [0.717, 1.165) is 16.3 Å². The number of nitrogens with one attached hydrogen (secondary N) is 1. The molecular weight excluding hydrogens is 364 g/mol. The van der Waals surface area contributed by atoms with Crippen LogP contribution in [0.3, 0.4) is 0 Å². The third-order valence-corrected chi connectivity index (χ3v) is 5.23. The molecule has 1 N–H and O–H groups in total. The number of carbonyl (C=O) groups is 2. The van der Waals surface area contributed by atoms with E-state index in [0.29, 0.717) is 31.8 Å². The number of benzene rings is 3. The Labute approximate surface area is 170 Å². The van der Waals surface area contributed by atoms with E-state index in [4.69, 9.17) is 4.74 Å². The fourth-order valence-corrected chi connectivity index (χ4v) is 3.62. The first-order valence-electron chi connectivity index (χ1n) is 9.92. The molecule has 1 aliphatic rings. The van der Waals surface area contributed by atoms with E-state index in [2.05, 4.69) is 5.32 Å². The summed E-state index contributed by atoms with van der Waals surface area (Å²) >= 11 is 0. The second-order valence-electron chi connectivity index (χ2n) is 7.18. The zero-order valence-electron chi connectivity index (χ0n) is 16.2. The summed E-state index contributed by atoms with van der Waals surface area (Å²) in [4.78, 5) is 26.8. The molecule has 5 heteroatoms. The summed E-state index contributed by atoms with van der Waals surface area (Å²) < 4.78 is 5.82. The number of amides is 2. The van der Waals surface area contributed by atoms with Crippen molar-refractivity contribution in [3.8, 4) is 0 Å². The maximum Gasteiger partial charge on any atom is 0.251 e. The lowest BCUT2D eigenvalue weighted by Gasteiger charge is -2.33. The number of hydrogen-bond donors (Lipinski definition) is 1. The van der Waals surface area contributed by atoms with Crippen molar-refractivity contribution in [3.63, 3.8) is 0 Å². The summed E-state index contributed by atoms with van der Waals surface area (Å²) in [5, 5.41) is 4.98. The largest absolute Gasteiger partial charge is 0.370 e. The molecule has 1 fully saturated rings. The van der Waals surface area contributed by atoms with Crippen molar-refractivity contribution < 1.29 is 14.3 Å². The molecule has 0 saturated carbocycles. The summed E-state index contributed by atoms with van der Waals surface area (Å²) in [6.07, 6.45) is 0.182. The van der Waals surface area contributed by atoms with Gasteiger partial charge in [0.2, 0.25) is 5.91 Å². The van der Waals surface area contributed by atoms with E-state index in [1.54, 1.807) is 0 Å². The van der Waals surface area contributed by atoms with Gasteiger partial charge in [-0.25, -0.2) is 0 Å². The molecule has 1 aliphatic heterocycles. The van der Waals surface area contributed by atoms with Crippen LogP contribution in [0.5, 0.6) is 0 Å². The van der Waals surface area contributed by atoms with Crippen molar-refractivity contribution in [2.75, 3.05) is 26.2 Å². The quantitative estimate of drug-likeness (QED) is 0.727. The van der Waals surface area contributed by atoms with Crippen molar-refractivity contribution in [1.82, 2.24) is 10.2 Å². The Hall–Kier alpha value is -3.18. The first-order valence-corrected chi connectivity index (χ1v) is 9.92. The van der Waals surface area contributed by atoms with Gasteiger partial charge in [0, 0.05) is 25.1 Å². The van der Waals surface area contributed by atoms with E-state index in [9.17, 15) is 9.59 Å². The molecule has 0 spiro atoms. The molecule has 3 aromatic rings. The second kappa shape index (κ2) is 8.88. The van der Waals surface area contributed by atoms with Crippen LogP contribution in [-0.2, 0) is 9.53 Å². The third kappa shape index (κ3) is 4.63. The number of ether oxygens (including phenoxy) is 1. The minimum atomic E-state index is -0.160. The number of hydrogen-bond acceptors (Lipinski definition) is 3. The van der Waals surface area contributed by atoms with Crippen LogP contribution >= 0.6 is 0 Å². The van der Waals surface area contributed by atoms with E-state index in [1.165, 1.54) is 0 Å². The van der Waals surface area contributed by atoms with Gasteiger partial charge in [0.05, 0.1) is 13.2 Å². The van der Waals surface area contributed by atoms with Gasteiger partial charge in [-0.2, -0.15) is 0 Å². The van der Waals surface area contributed by atoms with Gasteiger partial charge in [0.15, 0.2) is 0 Å². The van der Waals surface area contributed by atoms with Gasteiger partial charge in [-0.3, -0.25) is 9.59 Å². The van der Waals surface area contributed by atoms with Crippen LogP contribution in [-0.4, -0.2) is 43.0 Å². The first-order chi connectivity index (χ1) is 14.2. The molecule has 4 rings (SSSR count). The van der Waals surface area contributed by atoms with Crippen molar-refractivity contribution in [2.45, 2.75) is 12.5 Å². The summed E-state index contributed by atoms with van der Waals surface area (Å²) in [6, 6.07) is 23.5. The van der Waals surface area contributed by atoms with Crippen LogP contribution < -0.4 is 5.32 Å². The smallest absolute Gasteiger partial charge is 0.251 e. The van der Waals surface area contributed by atoms with Gasteiger partial charge in [-0.05, 0) is 28.5 Å². The molecule has 0 aliphatic carbocycles. The Morgan fingerprint density at radius 1 is 0.966 bits per heavy atom. The highest BCUT2D eigenvalue weighted by atomic mass is 16.5. The Bertz CT molecular complexity index is 1000. The lowest BCUT2D eigenvalue weighted by Crippen LogP contribution is -2.43. The number of nitrogens with zero attached hydrogens (tertiary/aromatic N) is 1. The van der Waals surface area contributed by atoms with E-state index in [-0.39, 0.29) is 24.3 Å². The van der Waals surface area contributed by atoms with Gasteiger partial charge in [0.25, 0.3) is 5.91 Å². The fourth-order valence-electron chi connectivity index (χ4n) is 3.62. The average Bonchev–Trinajstić information content (AvgIpc) is 2.79. The zero-order chi connectivity index (χ0) is 20.1. The lowest BCUT2D eigenvalue weighted by atomic mass is 10.1. The van der Waals surface area contributed by atoms with Gasteiger partial charge >= 0.3 is 0 Å². The molecule has 29 heavy (non-hydrogen) atoms. The zero-order valence-corrected chi connectivity index (χ0v) is 16.2. The predicted octanol–water partition coefficient (Wildman–Crippen LogP) is 3.56. The van der Waals surface area contributed by atoms with Crippen LogP contribution in [0.4, 0.5) is 0 Å². The van der Waals surface area contributed by atoms with Crippen molar-refractivity contribution in [3.05, 3.63) is 83.9 Å². The summed E-state index contributed by atoms with van der Waals surface area (Å²) in [6.45, 7) is 1.97. The van der Waals surface area contributed by atoms with Crippen molar-refractivity contribution in [1.29, 1.82) is 0 Å². The standard InChI is InChI=1S/C24H24N2O3/c27-23(26-14-15-29-22(17-26)19-7-2-1-3-8-19)12-13-25-24(28)21-11-10-18-6-4-5-9-20(18)16-21/h1-11,16,22H,12-15,17H2,(H,25,28). The Morgan fingerprint density at radius 3 is 2.55 bits per heavy atom. The predicted molar refractivity (Wildman–Crippen MR) is 113 cm³/mol. The summed E-state index contributed by atoms with van der Waals surface area (Å²) in [7, 11) is 0. The number of morpholine rings is 1. The molecule has 1 heterocycles. The number of carbonyl (C=O) groups excluding carboxylic acids is 2. The van der Waals surface area contributed by atoms with Gasteiger partial charge in [-0.15, -0.1) is 0 Å². The maximum absolute atomic E-state index is 12.6. The van der Waals surface area contributed by atoms with Gasteiger partial charge in [-0.1, -0.05) is 60.7 Å². The summed E-state index contributed by atoms with van der Waals surface area (Å²) in [5.41, 5.74) is 1.68. The second-order valence-corrected chi connectivity index (χ2v) is 7.18. The molecule has 0 aromatic heterocycles. The van der Waals surface area contributed by atoms with Gasteiger partial charge in [0.1, 0.15) is 6.10 Å². The van der Waals surface area contributed by atoms with E-state index < -0.39 is 0 Å². The van der Waals surface area contributed by atoms with E-state index in [1.807, 2.05) is 77.7 Å². The normalized spacial score (nSPS) is 16.6. The SMILES string of the molecule is O=C(NCCC(=O)N1CCOC(c2ccccc2)C1)c1ccc2ccccc2c1. The Kier molecular flexibility index (Phi) is 5.86. The van der Waals surface area contributed by atoms with Crippen LogP contribution in [0.25, 0.3) is 10.8 Å². The third-order valence-electron chi connectivity index (χ3n) is 5.23. The number of fused-ring (bicyclic) bond motifs is 1. The molecule has 1 atom stereocenters. The summed E-state index contributed by atoms with van der Waals surface area (Å²) in [5.74, 6) is -0.124. The molecule has 5 nitrogen and oxygen atoms in total. The van der Waals surface area contributed by atoms with Gasteiger partial charge < -0.3 is 15.0 Å².